The quantitative estimate of drug-likeness (QED) is 0.0261. The molecule has 0 aliphatic heterocycles. The van der Waals surface area contributed by atoms with Crippen molar-refractivity contribution in [1.29, 1.82) is 0 Å². The van der Waals surface area contributed by atoms with Gasteiger partial charge >= 0.3 is 17.9 Å². The molecule has 0 N–H and O–H groups in total. The molecule has 0 aromatic carbocycles. The van der Waals surface area contributed by atoms with Crippen molar-refractivity contribution >= 4 is 17.9 Å². The maximum absolute atomic E-state index is 12.9. The molecule has 6 heteroatoms. The lowest BCUT2D eigenvalue weighted by molar-refractivity contribution is -0.167. The van der Waals surface area contributed by atoms with E-state index >= 15 is 0 Å². The van der Waals surface area contributed by atoms with Crippen molar-refractivity contribution in [2.45, 2.75) is 380 Å². The van der Waals surface area contributed by atoms with Crippen LogP contribution in [0, 0.1) is 0 Å². The largest absolute Gasteiger partial charge is 0.462 e. The molecule has 0 amide bonds. The molecule has 1 atom stereocenters. The van der Waals surface area contributed by atoms with Crippen LogP contribution in [0.3, 0.4) is 0 Å². The summed E-state index contributed by atoms with van der Waals surface area (Å²) in [5.74, 6) is -0.847. The van der Waals surface area contributed by atoms with Gasteiger partial charge in [0.2, 0.25) is 0 Å². The maximum Gasteiger partial charge on any atom is 0.306 e. The first-order chi connectivity index (χ1) is 39.5. The Labute approximate surface area is 498 Å². The van der Waals surface area contributed by atoms with Gasteiger partial charge < -0.3 is 14.2 Å². The monoisotopic (exact) mass is 1120 g/mol. The summed E-state index contributed by atoms with van der Waals surface area (Å²) in [5, 5.41) is 0. The average molecular weight is 1120 g/mol. The lowest BCUT2D eigenvalue weighted by atomic mass is 10.0. The summed E-state index contributed by atoms with van der Waals surface area (Å²) < 4.78 is 17.0. The van der Waals surface area contributed by atoms with Gasteiger partial charge in [0.15, 0.2) is 6.10 Å². The number of unbranched alkanes of at least 4 members (excludes halogenated alkanes) is 44. The van der Waals surface area contributed by atoms with Crippen molar-refractivity contribution in [2.75, 3.05) is 13.2 Å². The van der Waals surface area contributed by atoms with Gasteiger partial charge in [0.05, 0.1) is 0 Å². The second-order valence-corrected chi connectivity index (χ2v) is 23.8. The van der Waals surface area contributed by atoms with Gasteiger partial charge in [0.1, 0.15) is 13.2 Å². The summed E-state index contributed by atoms with van der Waals surface area (Å²) in [6.07, 6.45) is 88.2. The molecule has 0 aliphatic carbocycles. The van der Waals surface area contributed by atoms with E-state index in [2.05, 4.69) is 81.5 Å². The topological polar surface area (TPSA) is 78.9 Å². The molecule has 0 saturated carbocycles. The Morgan fingerprint density at radius 2 is 0.487 bits per heavy atom. The Kier molecular flexibility index (Phi) is 66.1. The lowest BCUT2D eigenvalue weighted by Gasteiger charge is -2.18. The second kappa shape index (κ2) is 68.6. The Hall–Kier alpha value is -2.89. The number of ether oxygens (including phenoxy) is 3. The summed E-state index contributed by atoms with van der Waals surface area (Å²) in [6.45, 7) is 6.58. The minimum atomic E-state index is -0.773. The molecule has 0 bridgehead atoms. The third kappa shape index (κ3) is 65.9. The molecular formula is C74H134O6. The highest BCUT2D eigenvalue weighted by Crippen LogP contribution is 2.18. The zero-order valence-corrected chi connectivity index (χ0v) is 53.6. The van der Waals surface area contributed by atoms with Crippen LogP contribution in [-0.4, -0.2) is 37.2 Å². The molecule has 0 aliphatic rings. The highest BCUT2D eigenvalue weighted by Gasteiger charge is 2.19. The van der Waals surface area contributed by atoms with Crippen molar-refractivity contribution in [3.63, 3.8) is 0 Å². The van der Waals surface area contributed by atoms with Crippen molar-refractivity contribution in [3.05, 3.63) is 60.8 Å². The van der Waals surface area contributed by atoms with Crippen molar-refractivity contribution < 1.29 is 28.6 Å². The Morgan fingerprint density at radius 1 is 0.263 bits per heavy atom. The normalized spacial score (nSPS) is 12.4. The number of hydrogen-bond acceptors (Lipinski definition) is 6. The number of rotatable bonds is 65. The Balaban J connectivity index is 4.19. The van der Waals surface area contributed by atoms with E-state index in [1.165, 1.54) is 250 Å². The van der Waals surface area contributed by atoms with Gasteiger partial charge in [-0.15, -0.1) is 0 Å². The van der Waals surface area contributed by atoms with E-state index in [4.69, 9.17) is 14.2 Å². The number of esters is 3. The van der Waals surface area contributed by atoms with E-state index in [0.29, 0.717) is 19.3 Å². The van der Waals surface area contributed by atoms with Crippen LogP contribution in [0.5, 0.6) is 0 Å². The fourth-order valence-corrected chi connectivity index (χ4v) is 10.5. The molecule has 1 unspecified atom stereocenters. The van der Waals surface area contributed by atoms with Gasteiger partial charge in [-0.2, -0.15) is 0 Å². The van der Waals surface area contributed by atoms with Crippen LogP contribution in [0.15, 0.2) is 60.8 Å². The Morgan fingerprint density at radius 3 is 0.775 bits per heavy atom. The predicted octanol–water partition coefficient (Wildman–Crippen LogP) is 24.3. The minimum Gasteiger partial charge on any atom is -0.462 e. The fourth-order valence-electron chi connectivity index (χ4n) is 10.5. The number of allylic oxidation sites excluding steroid dienone is 10. The van der Waals surface area contributed by atoms with Gasteiger partial charge in [-0.1, -0.05) is 332 Å². The van der Waals surface area contributed by atoms with Crippen molar-refractivity contribution in [3.8, 4) is 0 Å². The molecule has 0 spiro atoms. The van der Waals surface area contributed by atoms with E-state index in [0.717, 1.165) is 83.5 Å². The van der Waals surface area contributed by atoms with Crippen LogP contribution >= 0.6 is 0 Å². The summed E-state index contributed by atoms with van der Waals surface area (Å²) in [6, 6.07) is 0. The minimum absolute atomic E-state index is 0.0691. The fraction of sp³-hybridized carbons (Fsp3) is 0.824. The molecule has 0 rings (SSSR count). The van der Waals surface area contributed by atoms with Crippen LogP contribution < -0.4 is 0 Å². The van der Waals surface area contributed by atoms with Crippen molar-refractivity contribution in [1.82, 2.24) is 0 Å². The molecule has 0 heterocycles. The molecule has 0 aromatic heterocycles. The smallest absolute Gasteiger partial charge is 0.306 e. The zero-order valence-electron chi connectivity index (χ0n) is 53.6. The molecule has 0 fully saturated rings. The number of carbonyl (C=O) groups excluding carboxylic acids is 3. The third-order valence-electron chi connectivity index (χ3n) is 15.8. The molecular weight excluding hydrogens is 985 g/mol. The first-order valence-electron chi connectivity index (χ1n) is 35.3. The summed E-state index contributed by atoms with van der Waals surface area (Å²) in [7, 11) is 0. The van der Waals surface area contributed by atoms with Crippen LogP contribution in [0.4, 0.5) is 0 Å². The zero-order chi connectivity index (χ0) is 57.8. The lowest BCUT2D eigenvalue weighted by Crippen LogP contribution is -2.30. The Bertz CT molecular complexity index is 1430. The SMILES string of the molecule is CC/C=C\C/C=C\C/C=C\C/C=C\CCCCCCCCCCCCCCCCCCC(=O)OCC(COC(=O)CCCCCCCCCCCCCC)OC(=O)CCCCCCCCCCC/C=C\CCCCCCCCCC. The second-order valence-electron chi connectivity index (χ2n) is 23.8. The van der Waals surface area contributed by atoms with E-state index in [1.54, 1.807) is 0 Å². The van der Waals surface area contributed by atoms with Gasteiger partial charge in [-0.3, -0.25) is 14.4 Å². The van der Waals surface area contributed by atoms with E-state index in [1.807, 2.05) is 0 Å². The molecule has 80 heavy (non-hydrogen) atoms. The van der Waals surface area contributed by atoms with Crippen LogP contribution in [-0.2, 0) is 28.6 Å². The van der Waals surface area contributed by atoms with E-state index in [-0.39, 0.29) is 31.1 Å². The van der Waals surface area contributed by atoms with Gasteiger partial charge in [-0.05, 0) is 83.5 Å². The molecule has 466 valence electrons. The summed E-state index contributed by atoms with van der Waals surface area (Å²) in [4.78, 5) is 38.4. The summed E-state index contributed by atoms with van der Waals surface area (Å²) in [5.41, 5.74) is 0. The standard InChI is InChI=1S/C74H134O6/c1-4-7-10-13-16-19-22-25-27-29-31-33-34-35-36-37-38-39-40-42-43-45-47-49-52-55-58-61-64-67-73(76)79-70-71(69-78-72(75)66-63-60-57-54-51-24-21-18-15-12-9-6-3)80-74(77)68-65-62-59-56-53-50-48-46-44-41-32-30-28-26-23-20-17-14-11-8-5-2/h7,10,16,19,25,27,30-33,71H,4-6,8-9,11-15,17-18,20-24,26,28-29,34-70H2,1-3H3/b10-7-,19-16-,27-25-,32-30-,33-31-. The number of carbonyl (C=O) groups is 3. The highest BCUT2D eigenvalue weighted by atomic mass is 16.6. The molecule has 0 saturated heterocycles. The van der Waals surface area contributed by atoms with Crippen LogP contribution in [0.2, 0.25) is 0 Å². The summed E-state index contributed by atoms with van der Waals surface area (Å²) >= 11 is 0. The maximum atomic E-state index is 12.9. The molecule has 0 radical (unpaired) electrons. The number of hydrogen-bond donors (Lipinski definition) is 0. The molecule has 0 aromatic rings. The van der Waals surface area contributed by atoms with Gasteiger partial charge in [0.25, 0.3) is 0 Å². The van der Waals surface area contributed by atoms with E-state index < -0.39 is 6.10 Å². The predicted molar refractivity (Wildman–Crippen MR) is 348 cm³/mol. The van der Waals surface area contributed by atoms with E-state index in [9.17, 15) is 14.4 Å². The first-order valence-corrected chi connectivity index (χ1v) is 35.3. The third-order valence-corrected chi connectivity index (χ3v) is 15.8. The van der Waals surface area contributed by atoms with Gasteiger partial charge in [-0.25, -0.2) is 0 Å². The van der Waals surface area contributed by atoms with Crippen LogP contribution in [0.25, 0.3) is 0 Å². The van der Waals surface area contributed by atoms with Gasteiger partial charge in [0, 0.05) is 19.3 Å². The highest BCUT2D eigenvalue weighted by molar-refractivity contribution is 5.71. The average Bonchev–Trinajstić information content (AvgIpc) is 3.46. The first kappa shape index (κ1) is 77.1. The van der Waals surface area contributed by atoms with Crippen LogP contribution in [0.1, 0.15) is 374 Å². The van der Waals surface area contributed by atoms with Crippen molar-refractivity contribution in [2.24, 2.45) is 0 Å². The molecule has 6 nitrogen and oxygen atoms in total.